The van der Waals surface area contributed by atoms with E-state index in [-0.39, 0.29) is 12.0 Å². The number of carboxylic acids is 1. The lowest BCUT2D eigenvalue weighted by Gasteiger charge is -2.36. The molecule has 0 amide bonds. The van der Waals surface area contributed by atoms with Crippen LogP contribution >= 0.6 is 0 Å². The average Bonchev–Trinajstić information content (AvgIpc) is 2.70. The van der Waals surface area contributed by atoms with E-state index >= 15 is 0 Å². The van der Waals surface area contributed by atoms with Crippen molar-refractivity contribution < 1.29 is 9.90 Å². The second-order valence-electron chi connectivity index (χ2n) is 7.24. The molecule has 1 aromatic carbocycles. The van der Waals surface area contributed by atoms with Gasteiger partial charge in [0.1, 0.15) is 0 Å². The summed E-state index contributed by atoms with van der Waals surface area (Å²) >= 11 is 0. The van der Waals surface area contributed by atoms with E-state index in [1.165, 1.54) is 0 Å². The van der Waals surface area contributed by atoms with Crippen LogP contribution in [0.2, 0.25) is 0 Å². The van der Waals surface area contributed by atoms with E-state index in [2.05, 4.69) is 40.2 Å². The van der Waals surface area contributed by atoms with Crippen LogP contribution in [-0.2, 0) is 4.79 Å². The number of para-hydroxylation sites is 1. The summed E-state index contributed by atoms with van der Waals surface area (Å²) in [5, 5.41) is 10.4. The summed E-state index contributed by atoms with van der Waals surface area (Å²) in [5.41, 5.74) is 4.00. The summed E-state index contributed by atoms with van der Waals surface area (Å²) in [6.07, 6.45) is 3.20. The molecule has 2 aromatic heterocycles. The number of piperidine rings is 1. The van der Waals surface area contributed by atoms with Crippen molar-refractivity contribution in [2.75, 3.05) is 13.1 Å². The number of aryl methyl sites for hydroxylation is 1. The molecule has 0 aliphatic carbocycles. The molecule has 1 fully saturated rings. The number of hydrogen-bond acceptors (Lipinski definition) is 4. The summed E-state index contributed by atoms with van der Waals surface area (Å²) in [6, 6.07) is 16.3. The van der Waals surface area contributed by atoms with Gasteiger partial charge in [0, 0.05) is 11.6 Å². The van der Waals surface area contributed by atoms with Crippen LogP contribution in [0.15, 0.2) is 54.7 Å². The molecule has 4 rings (SSSR count). The average molecular weight is 361 g/mol. The third-order valence-electron chi connectivity index (χ3n) is 5.36. The quantitative estimate of drug-likeness (QED) is 0.765. The molecule has 3 heterocycles. The summed E-state index contributed by atoms with van der Waals surface area (Å²) < 4.78 is 0. The van der Waals surface area contributed by atoms with Gasteiger partial charge in [0.2, 0.25) is 0 Å². The first kappa shape index (κ1) is 17.6. The largest absolute Gasteiger partial charge is 0.481 e. The van der Waals surface area contributed by atoms with Gasteiger partial charge in [0.15, 0.2) is 0 Å². The highest BCUT2D eigenvalue weighted by Gasteiger charge is 2.31. The number of nitrogens with zero attached hydrogens (tertiary/aromatic N) is 3. The minimum atomic E-state index is -0.691. The summed E-state index contributed by atoms with van der Waals surface area (Å²) in [5.74, 6) is -0.944. The number of aliphatic carboxylic acids is 1. The zero-order valence-corrected chi connectivity index (χ0v) is 15.4. The van der Waals surface area contributed by atoms with Gasteiger partial charge in [-0.15, -0.1) is 0 Å². The first-order chi connectivity index (χ1) is 13.1. The summed E-state index contributed by atoms with van der Waals surface area (Å²) in [6.45, 7) is 3.48. The van der Waals surface area contributed by atoms with E-state index in [9.17, 15) is 9.90 Å². The maximum atomic E-state index is 11.3. The van der Waals surface area contributed by atoms with Crippen molar-refractivity contribution in [3.05, 3.63) is 71.7 Å². The Hall–Kier alpha value is -2.79. The fourth-order valence-electron chi connectivity index (χ4n) is 3.81. The SMILES string of the molecule is Cc1ccc(C(c2ccc3ccccc3n2)N2CCC(C(=O)O)CC2)nc1. The minimum Gasteiger partial charge on any atom is -0.481 e. The summed E-state index contributed by atoms with van der Waals surface area (Å²) in [4.78, 5) is 23.2. The van der Waals surface area contributed by atoms with Crippen LogP contribution in [0.3, 0.4) is 0 Å². The van der Waals surface area contributed by atoms with E-state index in [1.54, 1.807) is 0 Å². The molecule has 0 radical (unpaired) electrons. The Kier molecular flexibility index (Phi) is 4.86. The molecule has 1 unspecified atom stereocenters. The molecule has 0 saturated carbocycles. The van der Waals surface area contributed by atoms with Crippen LogP contribution in [-0.4, -0.2) is 39.0 Å². The van der Waals surface area contributed by atoms with Crippen LogP contribution in [0.4, 0.5) is 0 Å². The van der Waals surface area contributed by atoms with Gasteiger partial charge >= 0.3 is 5.97 Å². The topological polar surface area (TPSA) is 66.3 Å². The van der Waals surface area contributed by atoms with Crippen molar-refractivity contribution in [1.29, 1.82) is 0 Å². The van der Waals surface area contributed by atoms with Gasteiger partial charge in [-0.1, -0.05) is 30.3 Å². The number of rotatable bonds is 4. The zero-order valence-electron chi connectivity index (χ0n) is 15.4. The van der Waals surface area contributed by atoms with Gasteiger partial charge in [-0.05, 0) is 56.6 Å². The van der Waals surface area contributed by atoms with E-state index in [0.717, 1.165) is 40.9 Å². The van der Waals surface area contributed by atoms with Crippen molar-refractivity contribution in [3.63, 3.8) is 0 Å². The number of pyridine rings is 2. The van der Waals surface area contributed by atoms with Gasteiger partial charge < -0.3 is 5.11 Å². The lowest BCUT2D eigenvalue weighted by Crippen LogP contribution is -2.39. The summed E-state index contributed by atoms with van der Waals surface area (Å²) in [7, 11) is 0. The molecule has 1 N–H and O–H groups in total. The lowest BCUT2D eigenvalue weighted by molar-refractivity contribution is -0.143. The molecule has 1 atom stereocenters. The smallest absolute Gasteiger partial charge is 0.306 e. The van der Waals surface area contributed by atoms with Crippen molar-refractivity contribution >= 4 is 16.9 Å². The first-order valence-corrected chi connectivity index (χ1v) is 9.37. The highest BCUT2D eigenvalue weighted by molar-refractivity contribution is 5.78. The van der Waals surface area contributed by atoms with Crippen LogP contribution in [0.1, 0.15) is 35.8 Å². The molecule has 1 saturated heterocycles. The van der Waals surface area contributed by atoms with Crippen LogP contribution in [0, 0.1) is 12.8 Å². The number of carbonyl (C=O) groups is 1. The maximum absolute atomic E-state index is 11.3. The highest BCUT2D eigenvalue weighted by atomic mass is 16.4. The van der Waals surface area contributed by atoms with Crippen molar-refractivity contribution in [3.8, 4) is 0 Å². The molecule has 5 nitrogen and oxygen atoms in total. The van der Waals surface area contributed by atoms with Crippen molar-refractivity contribution in [1.82, 2.24) is 14.9 Å². The third-order valence-corrected chi connectivity index (χ3v) is 5.36. The molecule has 3 aromatic rings. The van der Waals surface area contributed by atoms with Gasteiger partial charge in [0.25, 0.3) is 0 Å². The number of hydrogen-bond donors (Lipinski definition) is 1. The number of fused-ring (bicyclic) bond motifs is 1. The van der Waals surface area contributed by atoms with Crippen LogP contribution in [0.25, 0.3) is 10.9 Å². The number of benzene rings is 1. The zero-order chi connectivity index (χ0) is 18.8. The Morgan fingerprint density at radius 1 is 1.07 bits per heavy atom. The lowest BCUT2D eigenvalue weighted by atomic mass is 9.94. The molecule has 5 heteroatoms. The molecule has 138 valence electrons. The van der Waals surface area contributed by atoms with Crippen molar-refractivity contribution in [2.24, 2.45) is 5.92 Å². The van der Waals surface area contributed by atoms with Gasteiger partial charge in [-0.25, -0.2) is 0 Å². The van der Waals surface area contributed by atoms with Crippen LogP contribution in [0.5, 0.6) is 0 Å². The maximum Gasteiger partial charge on any atom is 0.306 e. The van der Waals surface area contributed by atoms with Crippen molar-refractivity contribution in [2.45, 2.75) is 25.8 Å². The van der Waals surface area contributed by atoms with Crippen LogP contribution < -0.4 is 0 Å². The fraction of sp³-hybridized carbons (Fsp3) is 0.318. The standard InChI is InChI=1S/C22H23N3O2/c1-15-6-8-19(23-14-15)21(25-12-10-17(11-13-25)22(26)27)20-9-7-16-4-2-3-5-18(16)24-20/h2-9,14,17,21H,10-13H2,1H3,(H,26,27). The second kappa shape index (κ2) is 7.45. The Bertz CT molecular complexity index is 947. The molecule has 1 aliphatic rings. The first-order valence-electron chi connectivity index (χ1n) is 9.37. The molecule has 0 bridgehead atoms. The van der Waals surface area contributed by atoms with E-state index in [4.69, 9.17) is 4.98 Å². The predicted molar refractivity (Wildman–Crippen MR) is 104 cm³/mol. The normalized spacial score (nSPS) is 17.1. The molecule has 0 spiro atoms. The second-order valence-corrected chi connectivity index (χ2v) is 7.24. The molecule has 1 aliphatic heterocycles. The number of likely N-dealkylation sites (tertiary alicyclic amines) is 1. The number of carboxylic acid groups (broad SMARTS) is 1. The van der Waals surface area contributed by atoms with E-state index in [0.29, 0.717) is 12.8 Å². The third kappa shape index (κ3) is 3.69. The Labute approximate surface area is 158 Å². The molecular weight excluding hydrogens is 338 g/mol. The highest BCUT2D eigenvalue weighted by Crippen LogP contribution is 2.31. The predicted octanol–water partition coefficient (Wildman–Crippen LogP) is 3.82. The Morgan fingerprint density at radius 3 is 2.52 bits per heavy atom. The minimum absolute atomic E-state index is 0.0649. The van der Waals surface area contributed by atoms with Gasteiger partial charge in [-0.2, -0.15) is 0 Å². The van der Waals surface area contributed by atoms with Gasteiger partial charge in [0.05, 0.1) is 28.9 Å². The Morgan fingerprint density at radius 2 is 1.81 bits per heavy atom. The van der Waals surface area contributed by atoms with Gasteiger partial charge in [-0.3, -0.25) is 19.7 Å². The van der Waals surface area contributed by atoms with E-state index in [1.807, 2.05) is 31.3 Å². The molecule has 27 heavy (non-hydrogen) atoms. The number of aromatic nitrogens is 2. The Balaban J connectivity index is 1.71. The molecular formula is C22H23N3O2. The van der Waals surface area contributed by atoms with E-state index < -0.39 is 5.97 Å². The monoisotopic (exact) mass is 361 g/mol. The fourth-order valence-corrected chi connectivity index (χ4v) is 3.81.